The zero-order valence-corrected chi connectivity index (χ0v) is 9.53. The summed E-state index contributed by atoms with van der Waals surface area (Å²) in [5.41, 5.74) is 1.07. The fourth-order valence-electron chi connectivity index (χ4n) is 1.21. The molecule has 2 N–H and O–H groups in total. The predicted octanol–water partition coefficient (Wildman–Crippen LogP) is 0.539. The summed E-state index contributed by atoms with van der Waals surface area (Å²) >= 11 is 0. The average molecular weight is 222 g/mol. The maximum atomic E-state index is 11.2. The van der Waals surface area contributed by atoms with Crippen molar-refractivity contribution in [3.05, 3.63) is 35.9 Å². The predicted molar refractivity (Wildman–Crippen MR) is 63.0 cm³/mol. The van der Waals surface area contributed by atoms with Crippen LogP contribution in [0.25, 0.3) is 0 Å². The maximum absolute atomic E-state index is 11.2. The van der Waals surface area contributed by atoms with E-state index < -0.39 is 0 Å². The Bertz CT molecular complexity index is 301. The van der Waals surface area contributed by atoms with Gasteiger partial charge in [0.25, 0.3) is 0 Å². The van der Waals surface area contributed by atoms with Crippen LogP contribution in [-0.2, 0) is 16.1 Å². The third-order valence-corrected chi connectivity index (χ3v) is 2.04. The van der Waals surface area contributed by atoms with Crippen molar-refractivity contribution in [3.63, 3.8) is 0 Å². The van der Waals surface area contributed by atoms with Crippen LogP contribution in [0.2, 0.25) is 0 Å². The van der Waals surface area contributed by atoms with Crippen LogP contribution in [0.15, 0.2) is 30.3 Å². The van der Waals surface area contributed by atoms with Gasteiger partial charge >= 0.3 is 0 Å². The number of benzene rings is 1. The molecule has 1 amide bonds. The lowest BCUT2D eigenvalue weighted by Crippen LogP contribution is -2.32. The quantitative estimate of drug-likeness (QED) is 0.662. The van der Waals surface area contributed by atoms with E-state index in [1.807, 2.05) is 37.4 Å². The number of hydrogen-bond donors (Lipinski definition) is 2. The first-order chi connectivity index (χ1) is 7.83. The molecular weight excluding hydrogens is 204 g/mol. The van der Waals surface area contributed by atoms with E-state index in [2.05, 4.69) is 10.6 Å². The van der Waals surface area contributed by atoms with Crippen LogP contribution in [0.1, 0.15) is 5.56 Å². The van der Waals surface area contributed by atoms with Gasteiger partial charge in [0, 0.05) is 13.1 Å². The van der Waals surface area contributed by atoms with E-state index in [9.17, 15) is 4.79 Å². The average Bonchev–Trinajstić information content (AvgIpc) is 2.31. The van der Waals surface area contributed by atoms with Crippen LogP contribution >= 0.6 is 0 Å². The van der Waals surface area contributed by atoms with Crippen molar-refractivity contribution in [1.29, 1.82) is 0 Å². The van der Waals surface area contributed by atoms with Gasteiger partial charge in [0.05, 0.1) is 6.61 Å². The SMILES string of the molecule is CNCCNC(=O)COCc1ccccc1. The van der Waals surface area contributed by atoms with E-state index in [0.717, 1.165) is 12.1 Å². The largest absolute Gasteiger partial charge is 0.367 e. The number of amides is 1. The molecule has 0 aliphatic rings. The molecule has 0 saturated carbocycles. The van der Waals surface area contributed by atoms with Gasteiger partial charge in [-0.05, 0) is 12.6 Å². The van der Waals surface area contributed by atoms with Crippen LogP contribution in [0.5, 0.6) is 0 Å². The molecule has 0 saturated heterocycles. The monoisotopic (exact) mass is 222 g/mol. The molecule has 0 atom stereocenters. The fourth-order valence-corrected chi connectivity index (χ4v) is 1.21. The second kappa shape index (κ2) is 7.84. The Morgan fingerprint density at radius 2 is 2.00 bits per heavy atom. The molecule has 0 unspecified atom stereocenters. The van der Waals surface area contributed by atoms with Crippen LogP contribution in [-0.4, -0.2) is 32.7 Å². The van der Waals surface area contributed by atoms with Crippen LogP contribution < -0.4 is 10.6 Å². The first-order valence-electron chi connectivity index (χ1n) is 5.36. The van der Waals surface area contributed by atoms with Gasteiger partial charge in [-0.2, -0.15) is 0 Å². The van der Waals surface area contributed by atoms with Gasteiger partial charge < -0.3 is 15.4 Å². The van der Waals surface area contributed by atoms with Crippen molar-refractivity contribution >= 4 is 5.91 Å². The Balaban J connectivity index is 2.09. The number of nitrogens with one attached hydrogen (secondary N) is 2. The molecule has 4 heteroatoms. The minimum Gasteiger partial charge on any atom is -0.367 e. The van der Waals surface area contributed by atoms with Crippen molar-refractivity contribution in [3.8, 4) is 0 Å². The molecule has 0 aliphatic carbocycles. The van der Waals surface area contributed by atoms with Crippen molar-refractivity contribution in [1.82, 2.24) is 10.6 Å². The van der Waals surface area contributed by atoms with E-state index in [-0.39, 0.29) is 12.5 Å². The Morgan fingerprint density at radius 1 is 1.25 bits per heavy atom. The number of carbonyl (C=O) groups is 1. The van der Waals surface area contributed by atoms with E-state index in [4.69, 9.17) is 4.74 Å². The van der Waals surface area contributed by atoms with Gasteiger partial charge in [0.15, 0.2) is 0 Å². The Hall–Kier alpha value is -1.39. The summed E-state index contributed by atoms with van der Waals surface area (Å²) in [5.74, 6) is -0.0776. The molecule has 16 heavy (non-hydrogen) atoms. The highest BCUT2D eigenvalue weighted by molar-refractivity contribution is 5.77. The first-order valence-corrected chi connectivity index (χ1v) is 5.36. The molecule has 1 aromatic rings. The van der Waals surface area contributed by atoms with E-state index >= 15 is 0 Å². The minimum absolute atomic E-state index is 0.0776. The Morgan fingerprint density at radius 3 is 2.69 bits per heavy atom. The van der Waals surface area contributed by atoms with Gasteiger partial charge in [-0.25, -0.2) is 0 Å². The molecule has 0 spiro atoms. The highest BCUT2D eigenvalue weighted by atomic mass is 16.5. The smallest absolute Gasteiger partial charge is 0.246 e. The molecule has 1 aromatic carbocycles. The third kappa shape index (κ3) is 5.48. The van der Waals surface area contributed by atoms with E-state index in [1.165, 1.54) is 0 Å². The normalized spacial score (nSPS) is 10.1. The molecule has 0 fully saturated rings. The van der Waals surface area contributed by atoms with Crippen LogP contribution in [0, 0.1) is 0 Å². The molecule has 0 radical (unpaired) electrons. The topological polar surface area (TPSA) is 50.4 Å². The van der Waals surface area contributed by atoms with Crippen LogP contribution in [0.4, 0.5) is 0 Å². The highest BCUT2D eigenvalue weighted by Crippen LogP contribution is 1.99. The second-order valence-electron chi connectivity index (χ2n) is 3.43. The lowest BCUT2D eigenvalue weighted by atomic mass is 10.2. The summed E-state index contributed by atoms with van der Waals surface area (Å²) in [7, 11) is 1.85. The second-order valence-corrected chi connectivity index (χ2v) is 3.43. The molecule has 88 valence electrons. The van der Waals surface area contributed by atoms with Crippen molar-refractivity contribution in [2.75, 3.05) is 26.7 Å². The third-order valence-electron chi connectivity index (χ3n) is 2.04. The van der Waals surface area contributed by atoms with Gasteiger partial charge in [-0.1, -0.05) is 30.3 Å². The summed E-state index contributed by atoms with van der Waals surface area (Å²) in [6.07, 6.45) is 0. The summed E-state index contributed by atoms with van der Waals surface area (Å²) in [6, 6.07) is 9.79. The fraction of sp³-hybridized carbons (Fsp3) is 0.417. The molecule has 0 heterocycles. The molecule has 0 aromatic heterocycles. The molecule has 0 bridgehead atoms. The van der Waals surface area contributed by atoms with Crippen molar-refractivity contribution in [2.45, 2.75) is 6.61 Å². The number of rotatable bonds is 7. The highest BCUT2D eigenvalue weighted by Gasteiger charge is 2.00. The molecule has 1 rings (SSSR count). The summed E-state index contributed by atoms with van der Waals surface area (Å²) in [5, 5.41) is 5.69. The number of likely N-dealkylation sites (N-methyl/N-ethyl adjacent to an activating group) is 1. The number of carbonyl (C=O) groups excluding carboxylic acids is 1. The lowest BCUT2D eigenvalue weighted by Gasteiger charge is -2.05. The zero-order valence-electron chi connectivity index (χ0n) is 9.53. The van der Waals surface area contributed by atoms with Gasteiger partial charge in [0.2, 0.25) is 5.91 Å². The van der Waals surface area contributed by atoms with Gasteiger partial charge in [-0.15, -0.1) is 0 Å². The van der Waals surface area contributed by atoms with E-state index in [1.54, 1.807) is 0 Å². The van der Waals surface area contributed by atoms with Crippen molar-refractivity contribution in [2.24, 2.45) is 0 Å². The first kappa shape index (κ1) is 12.7. The standard InChI is InChI=1S/C12H18N2O2/c1-13-7-8-14-12(15)10-16-9-11-5-3-2-4-6-11/h2-6,13H,7-10H2,1H3,(H,14,15). The number of ether oxygens (including phenoxy) is 1. The van der Waals surface area contributed by atoms with Crippen molar-refractivity contribution < 1.29 is 9.53 Å². The lowest BCUT2D eigenvalue weighted by molar-refractivity contribution is -0.126. The number of hydrogen-bond acceptors (Lipinski definition) is 3. The molecular formula is C12H18N2O2. The van der Waals surface area contributed by atoms with E-state index in [0.29, 0.717) is 13.2 Å². The maximum Gasteiger partial charge on any atom is 0.246 e. The molecule has 0 aliphatic heterocycles. The van der Waals surface area contributed by atoms with Gasteiger partial charge in [0.1, 0.15) is 6.61 Å². The minimum atomic E-state index is -0.0776. The summed E-state index contributed by atoms with van der Waals surface area (Å²) in [6.45, 7) is 1.98. The Kier molecular flexibility index (Phi) is 6.22. The Labute approximate surface area is 96.0 Å². The van der Waals surface area contributed by atoms with Crippen LogP contribution in [0.3, 0.4) is 0 Å². The summed E-state index contributed by atoms with van der Waals surface area (Å²) < 4.78 is 5.28. The van der Waals surface area contributed by atoms with Gasteiger partial charge in [-0.3, -0.25) is 4.79 Å². The zero-order chi connectivity index (χ0) is 11.6. The molecule has 4 nitrogen and oxygen atoms in total. The summed E-state index contributed by atoms with van der Waals surface area (Å²) in [4.78, 5) is 11.2.